The van der Waals surface area contributed by atoms with E-state index in [2.05, 4.69) is 10.6 Å². The zero-order valence-corrected chi connectivity index (χ0v) is 16.3. The lowest BCUT2D eigenvalue weighted by Crippen LogP contribution is -2.48. The lowest BCUT2D eigenvalue weighted by atomic mass is 10.1. The summed E-state index contributed by atoms with van der Waals surface area (Å²) >= 11 is 17.9. The Labute approximate surface area is 166 Å². The predicted octanol–water partition coefficient (Wildman–Crippen LogP) is 4.46. The van der Waals surface area contributed by atoms with E-state index in [1.807, 2.05) is 6.07 Å². The average Bonchev–Trinajstić information content (AvgIpc) is 2.53. The normalized spacial score (nSPS) is 12.2. The molecule has 2 aromatic carbocycles. The van der Waals surface area contributed by atoms with Gasteiger partial charge in [0.2, 0.25) is 15.9 Å². The summed E-state index contributed by atoms with van der Waals surface area (Å²) in [5, 5.41) is 5.20. The van der Waals surface area contributed by atoms with E-state index in [-0.39, 0.29) is 5.91 Å². The van der Waals surface area contributed by atoms with Crippen molar-refractivity contribution in [1.29, 1.82) is 0 Å². The molecule has 2 aromatic rings. The molecule has 0 radical (unpaired) electrons. The minimum Gasteiger partial charge on any atom is -0.466 e. The lowest BCUT2D eigenvalue weighted by Gasteiger charge is -2.26. The highest BCUT2D eigenvalue weighted by Gasteiger charge is 2.36. The number of amides is 2. The van der Waals surface area contributed by atoms with Crippen LogP contribution in [-0.2, 0) is 4.79 Å². The Kier molecular flexibility index (Phi) is 6.75. The molecule has 0 bridgehead atoms. The zero-order chi connectivity index (χ0) is 19.3. The molecule has 0 aromatic heterocycles. The maximum Gasteiger partial charge on any atom is 0.254 e. The van der Waals surface area contributed by atoms with E-state index in [0.717, 1.165) is 5.56 Å². The van der Waals surface area contributed by atoms with Crippen molar-refractivity contribution < 1.29 is 14.3 Å². The molecule has 0 unspecified atom stereocenters. The monoisotopic (exact) mass is 414 g/mol. The average molecular weight is 416 g/mol. The molecule has 2 amide bonds. The van der Waals surface area contributed by atoms with Gasteiger partial charge < -0.3 is 15.4 Å². The molecule has 5 nitrogen and oxygen atoms in total. The second-order valence-electron chi connectivity index (χ2n) is 5.54. The Morgan fingerprint density at radius 2 is 1.77 bits per heavy atom. The van der Waals surface area contributed by atoms with Crippen LogP contribution in [0.5, 0.6) is 5.75 Å². The van der Waals surface area contributed by atoms with Gasteiger partial charge in [0.15, 0.2) is 0 Å². The Morgan fingerprint density at radius 3 is 2.38 bits per heavy atom. The van der Waals surface area contributed by atoms with Crippen molar-refractivity contribution in [2.45, 2.75) is 23.9 Å². The van der Waals surface area contributed by atoms with Crippen molar-refractivity contribution in [3.05, 3.63) is 59.7 Å². The first kappa shape index (κ1) is 20.4. The third-order valence-electron chi connectivity index (χ3n) is 3.36. The fourth-order valence-electron chi connectivity index (χ4n) is 2.19. The number of alkyl halides is 3. The van der Waals surface area contributed by atoms with Crippen molar-refractivity contribution in [2.24, 2.45) is 0 Å². The number of carbonyl (C=O) groups is 2. The maximum absolute atomic E-state index is 12.5. The van der Waals surface area contributed by atoms with Crippen LogP contribution in [0.3, 0.4) is 0 Å². The third kappa shape index (κ3) is 5.80. The standard InChI is InChI=1S/C18H17Cl3N2O3/c1-11-6-3-4-9-15(11)16(25)23-17(18(19,20)21)26-14-8-5-7-13(10-14)22-12(2)24/h3-10,17H,1-2H3,(H,22,24)(H,23,25)/t17-/m0/s1. The molecule has 2 rings (SSSR count). The molecule has 0 fully saturated rings. The molecule has 0 spiro atoms. The molecule has 0 aliphatic carbocycles. The summed E-state index contributed by atoms with van der Waals surface area (Å²) < 4.78 is 3.74. The number of halogens is 3. The van der Waals surface area contributed by atoms with Gasteiger partial charge in [0.25, 0.3) is 5.91 Å². The first-order valence-corrected chi connectivity index (χ1v) is 8.77. The highest BCUT2D eigenvalue weighted by atomic mass is 35.6. The molecule has 8 heteroatoms. The first-order valence-electron chi connectivity index (χ1n) is 7.64. The molecule has 0 aliphatic heterocycles. The quantitative estimate of drug-likeness (QED) is 0.560. The highest BCUT2D eigenvalue weighted by molar-refractivity contribution is 6.68. The summed E-state index contributed by atoms with van der Waals surface area (Å²) in [4.78, 5) is 23.7. The Hall–Kier alpha value is -1.95. The van der Waals surface area contributed by atoms with E-state index in [1.165, 1.54) is 6.92 Å². The molecule has 138 valence electrons. The van der Waals surface area contributed by atoms with Crippen LogP contribution in [0.25, 0.3) is 0 Å². The number of aryl methyl sites for hydroxylation is 1. The number of hydrogen-bond donors (Lipinski definition) is 2. The second kappa shape index (κ2) is 8.62. The van der Waals surface area contributed by atoms with Gasteiger partial charge in [-0.2, -0.15) is 0 Å². The molecule has 0 saturated carbocycles. The number of rotatable bonds is 5. The van der Waals surface area contributed by atoms with Gasteiger partial charge in [0.05, 0.1) is 0 Å². The van der Waals surface area contributed by atoms with Crippen LogP contribution in [0.4, 0.5) is 5.69 Å². The van der Waals surface area contributed by atoms with Crippen LogP contribution in [0, 0.1) is 6.92 Å². The fraction of sp³-hybridized carbons (Fsp3) is 0.222. The van der Waals surface area contributed by atoms with Crippen LogP contribution in [0.1, 0.15) is 22.8 Å². The summed E-state index contributed by atoms with van der Waals surface area (Å²) in [6.45, 7) is 3.19. The van der Waals surface area contributed by atoms with Gasteiger partial charge in [0.1, 0.15) is 5.75 Å². The van der Waals surface area contributed by atoms with Crippen LogP contribution in [-0.4, -0.2) is 21.8 Å². The van der Waals surface area contributed by atoms with Crippen molar-refractivity contribution in [1.82, 2.24) is 5.32 Å². The number of ether oxygens (including phenoxy) is 1. The minimum absolute atomic E-state index is 0.229. The summed E-state index contributed by atoms with van der Waals surface area (Å²) in [5.74, 6) is -0.344. The smallest absolute Gasteiger partial charge is 0.254 e. The highest BCUT2D eigenvalue weighted by Crippen LogP contribution is 2.32. The van der Waals surface area contributed by atoms with Gasteiger partial charge in [-0.15, -0.1) is 0 Å². The molecular formula is C18H17Cl3N2O3. The first-order chi connectivity index (χ1) is 12.2. The third-order valence-corrected chi connectivity index (χ3v) is 3.95. The van der Waals surface area contributed by atoms with Gasteiger partial charge in [-0.05, 0) is 30.7 Å². The minimum atomic E-state index is -1.91. The fourth-order valence-corrected chi connectivity index (χ4v) is 2.49. The Morgan fingerprint density at radius 1 is 1.08 bits per heavy atom. The van der Waals surface area contributed by atoms with Crippen molar-refractivity contribution in [3.63, 3.8) is 0 Å². The van der Waals surface area contributed by atoms with E-state index < -0.39 is 15.9 Å². The zero-order valence-electron chi connectivity index (χ0n) is 14.1. The van der Waals surface area contributed by atoms with Gasteiger partial charge in [-0.25, -0.2) is 0 Å². The summed E-state index contributed by atoms with van der Waals surface area (Å²) in [5.41, 5.74) is 1.74. The Balaban J connectivity index is 2.20. The van der Waals surface area contributed by atoms with Crippen LogP contribution in [0.15, 0.2) is 48.5 Å². The maximum atomic E-state index is 12.5. The largest absolute Gasteiger partial charge is 0.466 e. The number of carbonyl (C=O) groups excluding carboxylic acids is 2. The summed E-state index contributed by atoms with van der Waals surface area (Å²) in [6, 6.07) is 13.6. The van der Waals surface area contributed by atoms with Crippen LogP contribution >= 0.6 is 34.8 Å². The topological polar surface area (TPSA) is 67.4 Å². The van der Waals surface area contributed by atoms with Gasteiger partial charge in [-0.1, -0.05) is 59.1 Å². The predicted molar refractivity (Wildman–Crippen MR) is 104 cm³/mol. The van der Waals surface area contributed by atoms with Crippen LogP contribution in [0.2, 0.25) is 0 Å². The van der Waals surface area contributed by atoms with Gasteiger partial charge in [-0.3, -0.25) is 9.59 Å². The van der Waals surface area contributed by atoms with E-state index >= 15 is 0 Å². The number of nitrogens with one attached hydrogen (secondary N) is 2. The molecule has 1 atom stereocenters. The number of benzene rings is 2. The lowest BCUT2D eigenvalue weighted by molar-refractivity contribution is -0.114. The number of anilines is 1. The molecule has 0 heterocycles. The van der Waals surface area contributed by atoms with Crippen molar-refractivity contribution in [2.75, 3.05) is 5.32 Å². The van der Waals surface area contributed by atoms with E-state index in [9.17, 15) is 9.59 Å². The molecule has 26 heavy (non-hydrogen) atoms. The van der Waals surface area contributed by atoms with Crippen LogP contribution < -0.4 is 15.4 Å². The SMILES string of the molecule is CC(=O)Nc1cccc(O[C@H](NC(=O)c2ccccc2C)C(Cl)(Cl)Cl)c1. The van der Waals surface area contributed by atoms with Crippen molar-refractivity contribution in [3.8, 4) is 5.75 Å². The second-order valence-corrected chi connectivity index (χ2v) is 7.91. The van der Waals surface area contributed by atoms with Crippen molar-refractivity contribution >= 4 is 52.3 Å². The van der Waals surface area contributed by atoms with Gasteiger partial charge in [0, 0.05) is 24.2 Å². The molecular weight excluding hydrogens is 399 g/mol. The summed E-state index contributed by atoms with van der Waals surface area (Å²) in [6.07, 6.45) is -1.24. The molecule has 0 saturated heterocycles. The van der Waals surface area contributed by atoms with Gasteiger partial charge >= 0.3 is 0 Å². The summed E-state index contributed by atoms with van der Waals surface area (Å²) in [7, 11) is 0. The van der Waals surface area contributed by atoms with E-state index in [4.69, 9.17) is 39.5 Å². The Bertz CT molecular complexity index is 806. The number of hydrogen-bond acceptors (Lipinski definition) is 3. The van der Waals surface area contributed by atoms with E-state index in [0.29, 0.717) is 17.0 Å². The molecule has 2 N–H and O–H groups in total. The van der Waals surface area contributed by atoms with E-state index in [1.54, 1.807) is 49.4 Å². The molecule has 0 aliphatic rings.